The van der Waals surface area contributed by atoms with E-state index in [2.05, 4.69) is 27.6 Å². The number of thiazole rings is 1. The van der Waals surface area contributed by atoms with E-state index in [0.29, 0.717) is 28.7 Å². The first-order valence-corrected chi connectivity index (χ1v) is 9.39. The van der Waals surface area contributed by atoms with Crippen molar-refractivity contribution in [3.63, 3.8) is 0 Å². The number of benzene rings is 1. The first-order valence-electron chi connectivity index (χ1n) is 7.12. The summed E-state index contributed by atoms with van der Waals surface area (Å²) in [4.78, 5) is 19.9. The summed E-state index contributed by atoms with van der Waals surface area (Å²) in [6.07, 6.45) is 1.77. The van der Waals surface area contributed by atoms with Gasteiger partial charge in [-0.3, -0.25) is 9.36 Å². The number of furan rings is 1. The van der Waals surface area contributed by atoms with Gasteiger partial charge in [-0.2, -0.15) is 0 Å². The van der Waals surface area contributed by atoms with Crippen LogP contribution < -0.4 is 19.8 Å². The molecule has 24 heavy (non-hydrogen) atoms. The van der Waals surface area contributed by atoms with Crippen LogP contribution in [0.5, 0.6) is 0 Å². The van der Waals surface area contributed by atoms with Crippen LogP contribution in [0, 0.1) is 3.77 Å². The lowest BCUT2D eigenvalue weighted by Gasteiger charge is -2.25. The number of hydrogen-bond acceptors (Lipinski definition) is 5. The van der Waals surface area contributed by atoms with Gasteiger partial charge in [0.15, 0.2) is 8.57 Å². The Morgan fingerprint density at radius 1 is 1.25 bits per heavy atom. The maximum absolute atomic E-state index is 12.6. The van der Waals surface area contributed by atoms with E-state index >= 15 is 0 Å². The second-order valence-corrected chi connectivity index (χ2v) is 7.73. The van der Waals surface area contributed by atoms with Crippen molar-refractivity contribution >= 4 is 57.3 Å². The van der Waals surface area contributed by atoms with Crippen LogP contribution in [0.25, 0.3) is 6.08 Å². The fourth-order valence-electron chi connectivity index (χ4n) is 2.46. The summed E-state index contributed by atoms with van der Waals surface area (Å²) in [5, 5.41) is 0.686. The lowest BCUT2D eigenvalue weighted by Crippen LogP contribution is -2.42. The van der Waals surface area contributed by atoms with E-state index in [0.717, 1.165) is 14.3 Å². The molecule has 0 fully saturated rings. The van der Waals surface area contributed by atoms with Crippen LogP contribution in [0.3, 0.4) is 0 Å². The lowest BCUT2D eigenvalue weighted by molar-refractivity contribution is 0.528. The van der Waals surface area contributed by atoms with E-state index in [9.17, 15) is 4.79 Å². The normalized spacial score (nSPS) is 14.6. The van der Waals surface area contributed by atoms with Crippen LogP contribution >= 0.6 is 45.5 Å². The highest BCUT2D eigenvalue weighted by molar-refractivity contribution is 14.1. The minimum absolute atomic E-state index is 0.0520. The smallest absolute Gasteiger partial charge is 0.271 e. The Kier molecular flexibility index (Phi) is 4.23. The Balaban J connectivity index is 1.71. The maximum atomic E-state index is 12.6. The Morgan fingerprint density at radius 3 is 2.75 bits per heavy atom. The predicted molar refractivity (Wildman–Crippen MR) is 103 cm³/mol. The average Bonchev–Trinajstić information content (AvgIpc) is 3.12. The third kappa shape index (κ3) is 3.03. The number of anilines is 1. The molecule has 0 bridgehead atoms. The molecule has 0 aliphatic carbocycles. The van der Waals surface area contributed by atoms with Gasteiger partial charge in [0.25, 0.3) is 5.56 Å². The van der Waals surface area contributed by atoms with Gasteiger partial charge in [0.05, 0.1) is 4.53 Å². The van der Waals surface area contributed by atoms with E-state index in [1.54, 1.807) is 10.6 Å². The molecule has 0 N–H and O–H groups in total. The molecule has 2 aromatic heterocycles. The number of aromatic nitrogens is 1. The second-order valence-electron chi connectivity index (χ2n) is 5.23. The molecule has 8 heteroatoms. The van der Waals surface area contributed by atoms with Crippen LogP contribution in [0.15, 0.2) is 50.6 Å². The highest BCUT2D eigenvalue weighted by atomic mass is 127. The summed E-state index contributed by atoms with van der Waals surface area (Å²) in [7, 11) is 0. The van der Waals surface area contributed by atoms with Crippen molar-refractivity contribution in [2.24, 2.45) is 4.99 Å². The Bertz CT molecular complexity index is 1070. The van der Waals surface area contributed by atoms with Crippen LogP contribution in [0.4, 0.5) is 5.69 Å². The SMILES string of the molecule is O=c1c(=Cc2ccc(I)o2)sc2n1CN(c1ccc(Cl)cc1)CN=2. The molecule has 0 unspecified atom stereocenters. The molecule has 5 nitrogen and oxygen atoms in total. The highest BCUT2D eigenvalue weighted by Gasteiger charge is 2.16. The molecule has 3 heterocycles. The monoisotopic (exact) mass is 471 g/mol. The molecule has 1 aliphatic rings. The van der Waals surface area contributed by atoms with Crippen molar-refractivity contribution in [3.8, 4) is 0 Å². The molecule has 0 atom stereocenters. The summed E-state index contributed by atoms with van der Waals surface area (Å²) in [6.45, 7) is 0.985. The first kappa shape index (κ1) is 15.9. The Hall–Kier alpha value is -1.58. The Labute approximate surface area is 159 Å². The van der Waals surface area contributed by atoms with Gasteiger partial charge >= 0.3 is 0 Å². The molecule has 1 aliphatic heterocycles. The quantitative estimate of drug-likeness (QED) is 0.540. The molecule has 3 aromatic rings. The zero-order chi connectivity index (χ0) is 16.7. The second kappa shape index (κ2) is 6.38. The summed E-state index contributed by atoms with van der Waals surface area (Å²) in [5.41, 5.74) is 0.932. The number of nitrogens with zero attached hydrogens (tertiary/aromatic N) is 3. The maximum Gasteiger partial charge on any atom is 0.271 e. The molecule has 0 amide bonds. The molecule has 0 saturated carbocycles. The number of hydrogen-bond donors (Lipinski definition) is 0. The predicted octanol–water partition coefficient (Wildman–Crippen LogP) is 2.64. The molecule has 0 saturated heterocycles. The van der Waals surface area contributed by atoms with Gasteiger partial charge in [-0.25, -0.2) is 4.99 Å². The van der Waals surface area contributed by atoms with Crippen LogP contribution in [0.1, 0.15) is 5.76 Å². The van der Waals surface area contributed by atoms with Crippen LogP contribution in [-0.2, 0) is 6.67 Å². The average molecular weight is 472 g/mol. The van der Waals surface area contributed by atoms with Crippen LogP contribution in [0.2, 0.25) is 5.02 Å². The fraction of sp³-hybridized carbons (Fsp3) is 0.125. The van der Waals surface area contributed by atoms with E-state index in [1.807, 2.05) is 41.3 Å². The minimum Gasteiger partial charge on any atom is -0.451 e. The summed E-state index contributed by atoms with van der Waals surface area (Å²) >= 11 is 9.41. The van der Waals surface area contributed by atoms with Crippen molar-refractivity contribution in [3.05, 3.63) is 70.6 Å². The van der Waals surface area contributed by atoms with Crippen molar-refractivity contribution < 1.29 is 4.42 Å². The standard InChI is InChI=1S/C16H11ClIN3O2S/c17-10-1-3-11(4-2-10)20-8-19-16-21(9-20)15(22)13(24-16)7-12-5-6-14(18)23-12/h1-7H,8-9H2. The van der Waals surface area contributed by atoms with Crippen molar-refractivity contribution in [1.82, 2.24) is 4.57 Å². The number of rotatable bonds is 2. The first-order chi connectivity index (χ1) is 11.6. The van der Waals surface area contributed by atoms with Gasteiger partial charge < -0.3 is 9.32 Å². The molecular weight excluding hydrogens is 461 g/mol. The molecule has 0 radical (unpaired) electrons. The summed E-state index contributed by atoms with van der Waals surface area (Å²) in [6, 6.07) is 11.2. The van der Waals surface area contributed by atoms with Gasteiger partial charge in [-0.1, -0.05) is 22.9 Å². The molecule has 0 spiro atoms. The van der Waals surface area contributed by atoms with Crippen LogP contribution in [-0.4, -0.2) is 11.2 Å². The van der Waals surface area contributed by atoms with E-state index in [-0.39, 0.29) is 5.56 Å². The van der Waals surface area contributed by atoms with E-state index in [4.69, 9.17) is 16.0 Å². The number of fused-ring (bicyclic) bond motifs is 1. The van der Waals surface area contributed by atoms with E-state index in [1.165, 1.54) is 11.3 Å². The van der Waals surface area contributed by atoms with Gasteiger partial charge in [0.1, 0.15) is 19.1 Å². The molecule has 1 aromatic carbocycles. The molecular formula is C16H11ClIN3O2S. The third-order valence-electron chi connectivity index (χ3n) is 3.64. The minimum atomic E-state index is -0.0520. The number of halogens is 2. The van der Waals surface area contributed by atoms with Crippen molar-refractivity contribution in [1.29, 1.82) is 0 Å². The zero-order valence-corrected chi connectivity index (χ0v) is 16.0. The van der Waals surface area contributed by atoms with Crippen molar-refractivity contribution in [2.75, 3.05) is 11.6 Å². The van der Waals surface area contributed by atoms with E-state index < -0.39 is 0 Å². The van der Waals surface area contributed by atoms with Crippen molar-refractivity contribution in [2.45, 2.75) is 6.67 Å². The summed E-state index contributed by atoms with van der Waals surface area (Å²) in [5.74, 6) is 0.672. The molecule has 4 rings (SSSR count). The highest BCUT2D eigenvalue weighted by Crippen LogP contribution is 2.19. The third-order valence-corrected chi connectivity index (χ3v) is 5.51. The fourth-order valence-corrected chi connectivity index (χ4v) is 3.96. The van der Waals surface area contributed by atoms with Gasteiger partial charge in [0, 0.05) is 16.8 Å². The zero-order valence-electron chi connectivity index (χ0n) is 12.3. The van der Waals surface area contributed by atoms with Gasteiger partial charge in [0.2, 0.25) is 0 Å². The topological polar surface area (TPSA) is 50.7 Å². The molecule has 122 valence electrons. The summed E-state index contributed by atoms with van der Waals surface area (Å²) < 4.78 is 8.61. The lowest BCUT2D eigenvalue weighted by atomic mass is 10.3. The largest absolute Gasteiger partial charge is 0.451 e. The van der Waals surface area contributed by atoms with Gasteiger partial charge in [-0.05, 0) is 59.0 Å². The Morgan fingerprint density at radius 2 is 2.04 bits per heavy atom. The van der Waals surface area contributed by atoms with Gasteiger partial charge in [-0.15, -0.1) is 0 Å².